The maximum absolute atomic E-state index is 5.96. The van der Waals surface area contributed by atoms with Gasteiger partial charge in [-0.15, -0.1) is 11.3 Å². The number of pyridine rings is 1. The molecular weight excluding hydrogens is 328 g/mol. The van der Waals surface area contributed by atoms with Crippen LogP contribution >= 0.6 is 27.3 Å². The first kappa shape index (κ1) is 12.4. The van der Waals surface area contributed by atoms with Crippen LogP contribution in [0.4, 0.5) is 5.95 Å². The molecule has 3 aromatic rings. The smallest absolute Gasteiger partial charge is 0.215 e. The van der Waals surface area contributed by atoms with Crippen LogP contribution in [0, 0.1) is 0 Å². The van der Waals surface area contributed by atoms with Gasteiger partial charge in [0.15, 0.2) is 5.65 Å². The van der Waals surface area contributed by atoms with Gasteiger partial charge in [0.1, 0.15) is 5.52 Å². The number of nitrogens with two attached hydrogens (primary N) is 1. The van der Waals surface area contributed by atoms with Crippen LogP contribution in [0.15, 0.2) is 28.1 Å². The van der Waals surface area contributed by atoms with Crippen molar-refractivity contribution in [1.29, 1.82) is 0 Å². The Kier molecular flexibility index (Phi) is 3.16. The fraction of sp³-hybridized carbons (Fsp3) is 0.167. The molecule has 2 N–H and O–H groups in total. The van der Waals surface area contributed by atoms with E-state index in [0.29, 0.717) is 18.4 Å². The molecule has 7 heteroatoms. The highest BCUT2D eigenvalue weighted by Gasteiger charge is 2.11. The summed E-state index contributed by atoms with van der Waals surface area (Å²) in [5.41, 5.74) is 7.47. The summed E-state index contributed by atoms with van der Waals surface area (Å²) in [5, 5.41) is 0. The monoisotopic (exact) mass is 338 g/mol. The first-order valence-corrected chi connectivity index (χ1v) is 7.19. The number of anilines is 1. The number of ether oxygens (including phenoxy) is 1. The van der Waals surface area contributed by atoms with Crippen LogP contribution in [0.2, 0.25) is 0 Å². The molecule has 0 aliphatic heterocycles. The molecule has 19 heavy (non-hydrogen) atoms. The van der Waals surface area contributed by atoms with E-state index in [1.807, 2.05) is 16.7 Å². The second-order valence-corrected chi connectivity index (χ2v) is 6.51. The molecule has 98 valence electrons. The van der Waals surface area contributed by atoms with Crippen molar-refractivity contribution < 1.29 is 4.74 Å². The summed E-state index contributed by atoms with van der Waals surface area (Å²) in [6, 6.07) is 7.71. The molecular formula is C12H11BrN4OS. The zero-order valence-electron chi connectivity index (χ0n) is 10.1. The van der Waals surface area contributed by atoms with Gasteiger partial charge >= 0.3 is 0 Å². The zero-order valence-corrected chi connectivity index (χ0v) is 12.5. The van der Waals surface area contributed by atoms with Gasteiger partial charge in [-0.05, 0) is 34.1 Å². The number of hydrogen-bond donors (Lipinski definition) is 1. The molecule has 0 aliphatic carbocycles. The molecule has 0 radical (unpaired) electrons. The topological polar surface area (TPSA) is 66.0 Å². The fourth-order valence-corrected chi connectivity index (χ4v) is 3.34. The molecule has 0 saturated heterocycles. The number of rotatable bonds is 3. The summed E-state index contributed by atoms with van der Waals surface area (Å²) in [4.78, 5) is 9.90. The van der Waals surface area contributed by atoms with Gasteiger partial charge in [0, 0.05) is 10.9 Å². The van der Waals surface area contributed by atoms with Gasteiger partial charge in [0.05, 0.1) is 17.4 Å². The first-order chi connectivity index (χ1) is 9.17. The van der Waals surface area contributed by atoms with Crippen molar-refractivity contribution in [1.82, 2.24) is 14.5 Å². The molecule has 0 saturated carbocycles. The van der Waals surface area contributed by atoms with Crippen LogP contribution in [0.25, 0.3) is 11.2 Å². The number of imidazole rings is 1. The predicted octanol–water partition coefficient (Wildman–Crippen LogP) is 2.89. The lowest BCUT2D eigenvalue weighted by Gasteiger charge is -2.04. The van der Waals surface area contributed by atoms with Crippen LogP contribution in [-0.2, 0) is 6.54 Å². The molecule has 0 aliphatic rings. The van der Waals surface area contributed by atoms with Crippen LogP contribution in [0.3, 0.4) is 0 Å². The standard InChI is InChI=1S/C12H11BrN4OS/c1-18-10-5-3-8-11(16-10)17(12(14)15-8)6-7-2-4-9(13)19-7/h2-5H,6H2,1H3,(H2,14,15). The number of hydrogen-bond acceptors (Lipinski definition) is 5. The van der Waals surface area contributed by atoms with Crippen molar-refractivity contribution >= 4 is 44.4 Å². The summed E-state index contributed by atoms with van der Waals surface area (Å²) in [7, 11) is 1.59. The summed E-state index contributed by atoms with van der Waals surface area (Å²) in [6.07, 6.45) is 0. The Bertz CT molecular complexity index is 736. The number of halogens is 1. The zero-order chi connectivity index (χ0) is 13.4. The van der Waals surface area contributed by atoms with Gasteiger partial charge in [0.2, 0.25) is 11.8 Å². The fourth-order valence-electron chi connectivity index (χ4n) is 1.86. The maximum Gasteiger partial charge on any atom is 0.215 e. The highest BCUT2D eigenvalue weighted by molar-refractivity contribution is 9.11. The Morgan fingerprint density at radius 2 is 2.16 bits per heavy atom. The third-order valence-electron chi connectivity index (χ3n) is 2.75. The third kappa shape index (κ3) is 2.31. The molecule has 3 rings (SSSR count). The molecule has 0 atom stereocenters. The lowest BCUT2D eigenvalue weighted by atomic mass is 10.4. The van der Waals surface area contributed by atoms with E-state index >= 15 is 0 Å². The van der Waals surface area contributed by atoms with Crippen molar-refractivity contribution in [3.05, 3.63) is 32.9 Å². The Hall–Kier alpha value is -1.60. The molecule has 0 unspecified atom stereocenters. The molecule has 5 nitrogen and oxygen atoms in total. The average molecular weight is 339 g/mol. The number of nitrogens with zero attached hydrogens (tertiary/aromatic N) is 3. The Morgan fingerprint density at radius 1 is 1.32 bits per heavy atom. The van der Waals surface area contributed by atoms with Crippen LogP contribution < -0.4 is 10.5 Å². The number of thiophene rings is 1. The van der Waals surface area contributed by atoms with Gasteiger partial charge in [0.25, 0.3) is 0 Å². The summed E-state index contributed by atoms with van der Waals surface area (Å²) >= 11 is 5.12. The largest absolute Gasteiger partial charge is 0.481 e. The Balaban J connectivity index is 2.08. The lowest BCUT2D eigenvalue weighted by molar-refractivity contribution is 0.399. The molecule has 3 aromatic heterocycles. The van der Waals surface area contributed by atoms with Crippen LogP contribution in [-0.4, -0.2) is 21.6 Å². The maximum atomic E-state index is 5.96. The quantitative estimate of drug-likeness (QED) is 0.797. The van der Waals surface area contributed by atoms with E-state index in [-0.39, 0.29) is 0 Å². The molecule has 0 amide bonds. The second kappa shape index (κ2) is 4.82. The van der Waals surface area contributed by atoms with E-state index in [0.717, 1.165) is 15.0 Å². The van der Waals surface area contributed by atoms with Gasteiger partial charge < -0.3 is 10.5 Å². The van der Waals surface area contributed by atoms with Crippen molar-refractivity contribution in [3.8, 4) is 5.88 Å². The molecule has 0 bridgehead atoms. The van der Waals surface area contributed by atoms with E-state index in [4.69, 9.17) is 10.5 Å². The number of methoxy groups -OCH3 is 1. The van der Waals surface area contributed by atoms with E-state index < -0.39 is 0 Å². The minimum Gasteiger partial charge on any atom is -0.481 e. The minimum atomic E-state index is 0.459. The van der Waals surface area contributed by atoms with E-state index in [1.165, 1.54) is 4.88 Å². The SMILES string of the molecule is COc1ccc2nc(N)n(Cc3ccc(Br)s3)c2n1. The number of aromatic nitrogens is 3. The van der Waals surface area contributed by atoms with Gasteiger partial charge in [-0.2, -0.15) is 4.98 Å². The highest BCUT2D eigenvalue weighted by atomic mass is 79.9. The Morgan fingerprint density at radius 3 is 2.84 bits per heavy atom. The van der Waals surface area contributed by atoms with Crippen molar-refractivity contribution in [3.63, 3.8) is 0 Å². The van der Waals surface area contributed by atoms with E-state index in [1.54, 1.807) is 24.5 Å². The van der Waals surface area contributed by atoms with E-state index in [2.05, 4.69) is 32.0 Å². The third-order valence-corrected chi connectivity index (χ3v) is 4.36. The number of nitrogen functional groups attached to an aromatic ring is 1. The molecule has 0 aromatic carbocycles. The van der Waals surface area contributed by atoms with Gasteiger partial charge in [-0.25, -0.2) is 4.98 Å². The molecule has 3 heterocycles. The lowest BCUT2D eigenvalue weighted by Crippen LogP contribution is -2.04. The molecule has 0 spiro atoms. The van der Waals surface area contributed by atoms with E-state index in [9.17, 15) is 0 Å². The van der Waals surface area contributed by atoms with Crippen molar-refractivity contribution in [2.75, 3.05) is 12.8 Å². The first-order valence-electron chi connectivity index (χ1n) is 5.58. The molecule has 0 fully saturated rings. The predicted molar refractivity (Wildman–Crippen MR) is 79.6 cm³/mol. The highest BCUT2D eigenvalue weighted by Crippen LogP contribution is 2.26. The van der Waals surface area contributed by atoms with Crippen molar-refractivity contribution in [2.45, 2.75) is 6.54 Å². The number of fused-ring (bicyclic) bond motifs is 1. The average Bonchev–Trinajstić information content (AvgIpc) is 2.94. The minimum absolute atomic E-state index is 0.459. The normalized spacial score (nSPS) is 11.1. The van der Waals surface area contributed by atoms with Crippen LogP contribution in [0.5, 0.6) is 5.88 Å². The van der Waals surface area contributed by atoms with Gasteiger partial charge in [-0.1, -0.05) is 0 Å². The second-order valence-electron chi connectivity index (χ2n) is 3.96. The van der Waals surface area contributed by atoms with Gasteiger partial charge in [-0.3, -0.25) is 4.57 Å². The van der Waals surface area contributed by atoms with Crippen molar-refractivity contribution in [2.24, 2.45) is 0 Å². The summed E-state index contributed by atoms with van der Waals surface area (Å²) in [6.45, 7) is 0.652. The summed E-state index contributed by atoms with van der Waals surface area (Å²) in [5.74, 6) is 1.02. The Labute approximate surface area is 122 Å². The summed E-state index contributed by atoms with van der Waals surface area (Å²) < 4.78 is 8.12. The van der Waals surface area contributed by atoms with Crippen LogP contribution in [0.1, 0.15) is 4.88 Å².